The number of hydrogen-bond donors (Lipinski definition) is 3. The number of furan rings is 1. The number of likely N-dealkylation sites (tertiary alicyclic amines) is 1. The number of aryl methyl sites for hydroxylation is 1. The molecule has 188 valence electrons. The molecular weight excluding hydrogens is 468 g/mol. The summed E-state index contributed by atoms with van der Waals surface area (Å²) >= 11 is 0. The lowest BCUT2D eigenvalue weighted by atomic mass is 9.48. The number of amides is 1. The Bertz CT molecular complexity index is 1130. The molecule has 1 aromatic carbocycles. The number of rotatable bonds is 6. The number of phenols is 1. The van der Waals surface area contributed by atoms with Crippen molar-refractivity contribution in [3.05, 3.63) is 47.4 Å². The molecule has 5 atom stereocenters. The van der Waals surface area contributed by atoms with Crippen LogP contribution in [0.3, 0.4) is 0 Å². The average Bonchev–Trinajstić information content (AvgIpc) is 3.33. The van der Waals surface area contributed by atoms with Gasteiger partial charge in [0.2, 0.25) is 5.91 Å². The minimum Gasteiger partial charge on any atom is -0.504 e. The number of nitrogens with zero attached hydrogens (tertiary/aromatic N) is 1. The molecular formula is C27H33ClN2O5. The summed E-state index contributed by atoms with van der Waals surface area (Å²) in [6.45, 7) is 1.97. The van der Waals surface area contributed by atoms with Gasteiger partial charge in [-0.3, -0.25) is 9.69 Å². The Morgan fingerprint density at radius 2 is 2.06 bits per heavy atom. The topological polar surface area (TPSA) is 95.2 Å². The molecule has 7 nitrogen and oxygen atoms in total. The van der Waals surface area contributed by atoms with Crippen LogP contribution >= 0.6 is 12.4 Å². The van der Waals surface area contributed by atoms with Crippen LogP contribution in [0.25, 0.3) is 0 Å². The fourth-order valence-corrected chi connectivity index (χ4v) is 7.60. The van der Waals surface area contributed by atoms with Crippen LogP contribution in [0.5, 0.6) is 11.5 Å². The third-order valence-corrected chi connectivity index (χ3v) is 9.29. The normalized spacial score (nSPS) is 34.5. The number of carbonyl (C=O) groups is 1. The van der Waals surface area contributed by atoms with Gasteiger partial charge < -0.3 is 24.7 Å². The standard InChI is InChI=1S/C27H32N2O5.ClH/c30-20-7-5-17-14-21-27(32)10-9-19(28-22(31)8-6-18-2-1-13-33-18)25-26(27,23(17)24(20)34-25)11-12-29(21)15-16-3-4-16;/h1-2,5,7,13,16,19,21,25,30,32H,3-4,6,8-12,14-15H2,(H,28,31);1H/t19-,21+,25-,26-,27+;/m0./s1. The van der Waals surface area contributed by atoms with Gasteiger partial charge in [-0.1, -0.05) is 6.07 Å². The first-order valence-electron chi connectivity index (χ1n) is 12.8. The predicted octanol–water partition coefficient (Wildman–Crippen LogP) is 3.09. The number of aromatic hydroxyl groups is 1. The summed E-state index contributed by atoms with van der Waals surface area (Å²) < 4.78 is 11.9. The second kappa shape index (κ2) is 8.15. The van der Waals surface area contributed by atoms with Crippen molar-refractivity contribution >= 4 is 18.3 Å². The molecule has 1 spiro atoms. The lowest BCUT2D eigenvalue weighted by Crippen LogP contribution is -2.78. The Morgan fingerprint density at radius 1 is 1.20 bits per heavy atom. The molecule has 0 unspecified atom stereocenters. The number of halogens is 1. The second-order valence-electron chi connectivity index (χ2n) is 11.1. The van der Waals surface area contributed by atoms with Gasteiger partial charge in [0.25, 0.3) is 0 Å². The van der Waals surface area contributed by atoms with Crippen molar-refractivity contribution in [2.24, 2.45) is 5.92 Å². The van der Waals surface area contributed by atoms with Crippen molar-refractivity contribution in [1.29, 1.82) is 0 Å². The number of benzene rings is 1. The van der Waals surface area contributed by atoms with E-state index in [1.807, 2.05) is 18.2 Å². The highest BCUT2D eigenvalue weighted by Gasteiger charge is 2.73. The molecule has 1 amide bonds. The smallest absolute Gasteiger partial charge is 0.220 e. The van der Waals surface area contributed by atoms with Crippen LogP contribution < -0.4 is 10.1 Å². The van der Waals surface area contributed by atoms with E-state index in [0.29, 0.717) is 31.4 Å². The Hall–Kier alpha value is -2.22. The minimum atomic E-state index is -0.924. The Morgan fingerprint density at radius 3 is 2.83 bits per heavy atom. The summed E-state index contributed by atoms with van der Waals surface area (Å²) in [6, 6.07) is 7.29. The number of piperidine rings is 1. The molecule has 2 aliphatic heterocycles. The predicted molar refractivity (Wildman–Crippen MR) is 131 cm³/mol. The molecule has 0 radical (unpaired) electrons. The maximum atomic E-state index is 12.9. The first kappa shape index (κ1) is 23.2. The molecule has 5 aliphatic rings. The molecule has 7 rings (SSSR count). The summed E-state index contributed by atoms with van der Waals surface area (Å²) in [6.07, 6.45) is 7.56. The largest absolute Gasteiger partial charge is 0.504 e. The summed E-state index contributed by atoms with van der Waals surface area (Å²) in [5, 5.41) is 26.4. The van der Waals surface area contributed by atoms with E-state index in [0.717, 1.165) is 43.2 Å². The number of phenolic OH excluding ortho intramolecular Hbond substituents is 1. The van der Waals surface area contributed by atoms with Crippen LogP contribution in [0.1, 0.15) is 55.4 Å². The summed E-state index contributed by atoms with van der Waals surface area (Å²) in [7, 11) is 0. The molecule has 2 bridgehead atoms. The number of hydrogen-bond acceptors (Lipinski definition) is 6. The molecule has 1 aromatic heterocycles. The molecule has 3 heterocycles. The average molecular weight is 501 g/mol. The zero-order valence-electron chi connectivity index (χ0n) is 19.7. The Kier molecular flexibility index (Phi) is 5.40. The van der Waals surface area contributed by atoms with Crippen LogP contribution in [-0.4, -0.2) is 57.9 Å². The van der Waals surface area contributed by atoms with Gasteiger partial charge in [0.15, 0.2) is 11.5 Å². The Labute approximate surface area is 211 Å². The van der Waals surface area contributed by atoms with Gasteiger partial charge in [0, 0.05) is 31.0 Å². The van der Waals surface area contributed by atoms with E-state index in [-0.39, 0.29) is 42.3 Å². The molecule has 2 aromatic rings. The third kappa shape index (κ3) is 3.27. The first-order chi connectivity index (χ1) is 16.5. The lowest BCUT2D eigenvalue weighted by Gasteiger charge is -2.64. The molecule has 3 N–H and O–H groups in total. The van der Waals surface area contributed by atoms with E-state index in [4.69, 9.17) is 9.15 Å². The van der Waals surface area contributed by atoms with E-state index in [9.17, 15) is 15.0 Å². The van der Waals surface area contributed by atoms with Gasteiger partial charge in [-0.15, -0.1) is 12.4 Å². The van der Waals surface area contributed by atoms with Gasteiger partial charge in [-0.05, 0) is 74.8 Å². The van der Waals surface area contributed by atoms with Gasteiger partial charge in [0.1, 0.15) is 11.9 Å². The lowest BCUT2D eigenvalue weighted by molar-refractivity contribution is -0.192. The number of aliphatic hydroxyl groups is 1. The molecule has 35 heavy (non-hydrogen) atoms. The second-order valence-corrected chi connectivity index (χ2v) is 11.1. The van der Waals surface area contributed by atoms with Crippen molar-refractivity contribution in [2.45, 2.75) is 80.6 Å². The van der Waals surface area contributed by atoms with Crippen molar-refractivity contribution in [3.8, 4) is 11.5 Å². The molecule has 2 saturated carbocycles. The van der Waals surface area contributed by atoms with E-state index < -0.39 is 11.0 Å². The fraction of sp³-hybridized carbons (Fsp3) is 0.593. The molecule has 1 saturated heterocycles. The third-order valence-electron chi connectivity index (χ3n) is 9.29. The van der Waals surface area contributed by atoms with Crippen LogP contribution in [-0.2, 0) is 23.1 Å². The highest BCUT2D eigenvalue weighted by molar-refractivity contribution is 5.85. The van der Waals surface area contributed by atoms with Gasteiger partial charge in [-0.25, -0.2) is 0 Å². The highest BCUT2D eigenvalue weighted by Crippen LogP contribution is 2.65. The maximum absolute atomic E-state index is 12.9. The van der Waals surface area contributed by atoms with E-state index in [1.54, 1.807) is 12.3 Å². The van der Waals surface area contributed by atoms with Crippen LogP contribution in [0.2, 0.25) is 0 Å². The quantitative estimate of drug-likeness (QED) is 0.564. The fourth-order valence-electron chi connectivity index (χ4n) is 7.60. The minimum absolute atomic E-state index is 0. The monoisotopic (exact) mass is 500 g/mol. The number of carbonyl (C=O) groups excluding carboxylic acids is 1. The number of ether oxygens (including phenoxy) is 1. The number of nitrogens with one attached hydrogen (secondary N) is 1. The van der Waals surface area contributed by atoms with Gasteiger partial charge >= 0.3 is 0 Å². The highest BCUT2D eigenvalue weighted by atomic mass is 35.5. The van der Waals surface area contributed by atoms with Crippen molar-refractivity contribution in [2.75, 3.05) is 13.1 Å². The van der Waals surface area contributed by atoms with Gasteiger partial charge in [-0.2, -0.15) is 0 Å². The summed E-state index contributed by atoms with van der Waals surface area (Å²) in [4.78, 5) is 15.4. The van der Waals surface area contributed by atoms with Crippen LogP contribution in [0.4, 0.5) is 0 Å². The van der Waals surface area contributed by atoms with Crippen molar-refractivity contribution < 1.29 is 24.2 Å². The van der Waals surface area contributed by atoms with Crippen molar-refractivity contribution in [1.82, 2.24) is 10.2 Å². The van der Waals surface area contributed by atoms with Gasteiger partial charge in [0.05, 0.1) is 23.3 Å². The van der Waals surface area contributed by atoms with Crippen LogP contribution in [0, 0.1) is 5.92 Å². The maximum Gasteiger partial charge on any atom is 0.220 e. The molecule has 3 aliphatic carbocycles. The van der Waals surface area contributed by atoms with E-state index in [1.165, 1.54) is 18.4 Å². The SMILES string of the molecule is Cl.O=C(CCc1ccco1)N[C@H]1CC[C@@]2(O)[C@H]3Cc4ccc(O)c5c4[C@@]2(CCN3CC2CC2)[C@H]1O5. The van der Waals surface area contributed by atoms with E-state index in [2.05, 4.69) is 10.2 Å². The summed E-state index contributed by atoms with van der Waals surface area (Å²) in [5.74, 6) is 2.17. The Balaban J connectivity index is 0.00000229. The van der Waals surface area contributed by atoms with Crippen LogP contribution in [0.15, 0.2) is 34.9 Å². The molecule has 3 fully saturated rings. The van der Waals surface area contributed by atoms with Crippen molar-refractivity contribution in [3.63, 3.8) is 0 Å². The summed E-state index contributed by atoms with van der Waals surface area (Å²) in [5.41, 5.74) is 0.648. The van der Waals surface area contributed by atoms with E-state index >= 15 is 0 Å². The first-order valence-corrected chi connectivity index (χ1v) is 12.8. The zero-order chi connectivity index (χ0) is 23.1. The molecule has 8 heteroatoms. The zero-order valence-corrected chi connectivity index (χ0v) is 20.6.